The summed E-state index contributed by atoms with van der Waals surface area (Å²) in [6, 6.07) is 5.62. The summed E-state index contributed by atoms with van der Waals surface area (Å²) in [5.41, 5.74) is 2.18. The highest BCUT2D eigenvalue weighted by molar-refractivity contribution is 5.93. The van der Waals surface area contributed by atoms with Crippen LogP contribution in [0, 0.1) is 0 Å². The van der Waals surface area contributed by atoms with Crippen molar-refractivity contribution < 1.29 is 18.3 Å². The lowest BCUT2D eigenvalue weighted by Gasteiger charge is -2.16. The highest BCUT2D eigenvalue weighted by Crippen LogP contribution is 2.29. The zero-order chi connectivity index (χ0) is 16.6. The van der Waals surface area contributed by atoms with Gasteiger partial charge in [0.1, 0.15) is 24.6 Å². The van der Waals surface area contributed by atoms with E-state index in [1.54, 1.807) is 6.20 Å². The Bertz CT molecular complexity index is 859. The molecule has 24 heavy (non-hydrogen) atoms. The molecule has 1 aromatic carbocycles. The Hall–Kier alpha value is -2.48. The number of aromatic nitrogens is 4. The lowest BCUT2D eigenvalue weighted by molar-refractivity contribution is -0.0905. The standard InChI is InChI=1S/C16H16F2N4O2/c17-16(18)9-22-8-11(7-19-22)15-13-6-12(2-3-14(13)20-21-15)24-5-1-4-23-10-16/h2-3,6-8H,1,4-5,9-10H2,(H,20,21). The van der Waals surface area contributed by atoms with Crippen LogP contribution in [0.1, 0.15) is 6.42 Å². The number of H-pyrrole nitrogens is 1. The molecule has 1 aliphatic heterocycles. The first kappa shape index (κ1) is 15.1. The maximum atomic E-state index is 13.9. The summed E-state index contributed by atoms with van der Waals surface area (Å²) in [6.07, 6.45) is 3.64. The van der Waals surface area contributed by atoms with Crippen molar-refractivity contribution in [2.45, 2.75) is 18.9 Å². The van der Waals surface area contributed by atoms with E-state index in [1.807, 2.05) is 18.2 Å². The van der Waals surface area contributed by atoms with Gasteiger partial charge in [0.05, 0.1) is 24.9 Å². The summed E-state index contributed by atoms with van der Waals surface area (Å²) < 4.78 is 39.8. The summed E-state index contributed by atoms with van der Waals surface area (Å²) in [4.78, 5) is 0. The second-order valence-corrected chi connectivity index (χ2v) is 5.82. The van der Waals surface area contributed by atoms with Gasteiger partial charge < -0.3 is 9.47 Å². The van der Waals surface area contributed by atoms with Gasteiger partial charge in [0.2, 0.25) is 0 Å². The van der Waals surface area contributed by atoms with E-state index in [0.717, 1.165) is 10.9 Å². The van der Waals surface area contributed by atoms with Gasteiger partial charge in [-0.05, 0) is 18.2 Å². The molecule has 3 heterocycles. The molecule has 0 amide bonds. The normalized spacial score (nSPS) is 18.1. The molecule has 2 aromatic heterocycles. The molecule has 126 valence electrons. The van der Waals surface area contributed by atoms with Crippen molar-refractivity contribution in [2.75, 3.05) is 19.8 Å². The summed E-state index contributed by atoms with van der Waals surface area (Å²) in [5.74, 6) is -2.28. The molecule has 1 aliphatic rings. The number of nitrogens with zero attached hydrogens (tertiary/aromatic N) is 3. The van der Waals surface area contributed by atoms with E-state index in [0.29, 0.717) is 30.0 Å². The smallest absolute Gasteiger partial charge is 0.290 e. The molecule has 4 rings (SSSR count). The number of fused-ring (bicyclic) bond motifs is 4. The van der Waals surface area contributed by atoms with Gasteiger partial charge in [-0.25, -0.2) is 8.78 Å². The first-order chi connectivity index (χ1) is 11.6. The topological polar surface area (TPSA) is 65.0 Å². The molecule has 3 aromatic rings. The summed E-state index contributed by atoms with van der Waals surface area (Å²) >= 11 is 0. The summed E-state index contributed by atoms with van der Waals surface area (Å²) in [6.45, 7) is -0.542. The third-order valence-corrected chi connectivity index (χ3v) is 3.85. The van der Waals surface area contributed by atoms with Crippen molar-refractivity contribution in [1.82, 2.24) is 20.0 Å². The van der Waals surface area contributed by atoms with Crippen LogP contribution in [-0.2, 0) is 11.3 Å². The van der Waals surface area contributed by atoms with Crippen LogP contribution in [0.5, 0.6) is 5.75 Å². The van der Waals surface area contributed by atoms with Gasteiger partial charge in [-0.3, -0.25) is 9.78 Å². The molecule has 8 heteroatoms. The Labute approximate surface area is 136 Å². The van der Waals surface area contributed by atoms with E-state index in [1.165, 1.54) is 10.9 Å². The van der Waals surface area contributed by atoms with Crippen molar-refractivity contribution in [3.8, 4) is 17.0 Å². The van der Waals surface area contributed by atoms with Crippen LogP contribution in [0.3, 0.4) is 0 Å². The van der Waals surface area contributed by atoms with Crippen LogP contribution < -0.4 is 4.74 Å². The van der Waals surface area contributed by atoms with Crippen LogP contribution in [0.25, 0.3) is 22.2 Å². The van der Waals surface area contributed by atoms with Gasteiger partial charge >= 0.3 is 0 Å². The largest absolute Gasteiger partial charge is 0.493 e. The molecule has 0 unspecified atom stereocenters. The van der Waals surface area contributed by atoms with Gasteiger partial charge in [-0.1, -0.05) is 0 Å². The Morgan fingerprint density at radius 3 is 3.08 bits per heavy atom. The minimum Gasteiger partial charge on any atom is -0.493 e. The maximum absolute atomic E-state index is 13.9. The molecule has 0 saturated carbocycles. The fourth-order valence-electron chi connectivity index (χ4n) is 2.73. The molecule has 0 atom stereocenters. The number of halogens is 2. The van der Waals surface area contributed by atoms with Crippen LogP contribution in [-0.4, -0.2) is 45.7 Å². The molecule has 0 radical (unpaired) electrons. The molecular formula is C16H16F2N4O2. The maximum Gasteiger partial charge on any atom is 0.290 e. The van der Waals surface area contributed by atoms with Crippen LogP contribution in [0.15, 0.2) is 30.6 Å². The van der Waals surface area contributed by atoms with E-state index in [2.05, 4.69) is 15.3 Å². The minimum absolute atomic E-state index is 0.221. The molecular weight excluding hydrogens is 318 g/mol. The number of aromatic amines is 1. The van der Waals surface area contributed by atoms with Crippen molar-refractivity contribution in [3.05, 3.63) is 30.6 Å². The molecule has 4 bridgehead atoms. The quantitative estimate of drug-likeness (QED) is 0.687. The SMILES string of the molecule is FC1(F)COCCCOc2ccc3[nH]nc(c3c2)-c2cnn(c2)C1. The molecule has 0 fully saturated rings. The Balaban J connectivity index is 1.76. The summed E-state index contributed by atoms with van der Waals surface area (Å²) in [7, 11) is 0. The lowest BCUT2D eigenvalue weighted by Crippen LogP contribution is -2.30. The van der Waals surface area contributed by atoms with E-state index < -0.39 is 19.1 Å². The number of hydrogen-bond acceptors (Lipinski definition) is 4. The number of ether oxygens (including phenoxy) is 2. The van der Waals surface area contributed by atoms with Crippen molar-refractivity contribution >= 4 is 10.9 Å². The fraction of sp³-hybridized carbons (Fsp3) is 0.375. The molecule has 6 nitrogen and oxygen atoms in total. The van der Waals surface area contributed by atoms with Crippen LogP contribution in [0.2, 0.25) is 0 Å². The predicted octanol–water partition coefficient (Wildman–Crippen LogP) is 2.86. The fourth-order valence-corrected chi connectivity index (χ4v) is 2.73. The Morgan fingerprint density at radius 2 is 2.17 bits per heavy atom. The number of hydrogen-bond donors (Lipinski definition) is 1. The molecule has 0 spiro atoms. The average molecular weight is 334 g/mol. The van der Waals surface area contributed by atoms with E-state index in [9.17, 15) is 8.78 Å². The molecule has 1 N–H and O–H groups in total. The number of alkyl halides is 2. The van der Waals surface area contributed by atoms with Gasteiger partial charge in [-0.15, -0.1) is 0 Å². The lowest BCUT2D eigenvalue weighted by atomic mass is 10.1. The van der Waals surface area contributed by atoms with Gasteiger partial charge in [-0.2, -0.15) is 10.2 Å². The van der Waals surface area contributed by atoms with Gasteiger partial charge in [0, 0.05) is 23.6 Å². The highest BCUT2D eigenvalue weighted by Gasteiger charge is 2.30. The second-order valence-electron chi connectivity index (χ2n) is 5.82. The number of nitrogens with one attached hydrogen (secondary N) is 1. The number of benzene rings is 1. The third kappa shape index (κ3) is 2.96. The van der Waals surface area contributed by atoms with Gasteiger partial charge in [0.25, 0.3) is 5.92 Å². The van der Waals surface area contributed by atoms with Crippen LogP contribution in [0.4, 0.5) is 8.78 Å². The average Bonchev–Trinajstić information content (AvgIpc) is 3.15. The van der Waals surface area contributed by atoms with Crippen molar-refractivity contribution in [2.24, 2.45) is 0 Å². The predicted molar refractivity (Wildman–Crippen MR) is 83.2 cm³/mol. The first-order valence-electron chi connectivity index (χ1n) is 7.70. The summed E-state index contributed by atoms with van der Waals surface area (Å²) in [5, 5.41) is 12.1. The third-order valence-electron chi connectivity index (χ3n) is 3.85. The van der Waals surface area contributed by atoms with Crippen molar-refractivity contribution in [1.29, 1.82) is 0 Å². The zero-order valence-corrected chi connectivity index (χ0v) is 12.8. The van der Waals surface area contributed by atoms with Crippen molar-refractivity contribution in [3.63, 3.8) is 0 Å². The highest BCUT2D eigenvalue weighted by atomic mass is 19.3. The molecule has 0 aliphatic carbocycles. The molecule has 0 saturated heterocycles. The van der Waals surface area contributed by atoms with Gasteiger partial charge in [0.15, 0.2) is 0 Å². The first-order valence-corrected chi connectivity index (χ1v) is 7.70. The second kappa shape index (κ2) is 5.86. The van der Waals surface area contributed by atoms with E-state index in [-0.39, 0.29) is 6.61 Å². The minimum atomic E-state index is -2.98. The van der Waals surface area contributed by atoms with E-state index >= 15 is 0 Å². The Morgan fingerprint density at radius 1 is 1.25 bits per heavy atom. The Kier molecular flexibility index (Phi) is 3.68. The van der Waals surface area contributed by atoms with E-state index in [4.69, 9.17) is 9.47 Å². The zero-order valence-electron chi connectivity index (χ0n) is 12.8. The van der Waals surface area contributed by atoms with Crippen LogP contribution >= 0.6 is 0 Å². The monoisotopic (exact) mass is 334 g/mol. The number of rotatable bonds is 0.